The number of carbonyl (C=O) groups excluding carboxylic acids is 2. The highest BCUT2D eigenvalue weighted by Gasteiger charge is 2.35. The summed E-state index contributed by atoms with van der Waals surface area (Å²) in [6.07, 6.45) is -4.64. The Kier molecular flexibility index (Phi) is 5.70. The van der Waals surface area contributed by atoms with Gasteiger partial charge in [0.05, 0.1) is 24.3 Å². The van der Waals surface area contributed by atoms with Gasteiger partial charge < -0.3 is 15.4 Å². The molecule has 0 saturated heterocycles. The normalized spacial score (nSPS) is 15.8. The van der Waals surface area contributed by atoms with Crippen LogP contribution < -0.4 is 10.6 Å². The zero-order valence-electron chi connectivity index (χ0n) is 16.9. The average Bonchev–Trinajstić information content (AvgIpc) is 3.11. The van der Waals surface area contributed by atoms with Gasteiger partial charge in [-0.2, -0.15) is 18.3 Å². The molecule has 0 fully saturated rings. The maximum Gasteiger partial charge on any atom is 0.416 e. The van der Waals surface area contributed by atoms with Crippen LogP contribution in [0.1, 0.15) is 23.7 Å². The van der Waals surface area contributed by atoms with Crippen molar-refractivity contribution in [3.8, 4) is 11.1 Å². The highest BCUT2D eigenvalue weighted by atomic mass is 19.4. The Labute approximate surface area is 181 Å². The SMILES string of the molecule is COCc1nn2c(c1-c1ccccc1)NC(=O)CC2C(=O)Nc1ccc(C(F)(F)F)cc1. The van der Waals surface area contributed by atoms with Gasteiger partial charge in [-0.15, -0.1) is 0 Å². The highest BCUT2D eigenvalue weighted by Crippen LogP contribution is 2.37. The Hall–Kier alpha value is -3.66. The van der Waals surface area contributed by atoms with Gasteiger partial charge in [0.25, 0.3) is 0 Å². The van der Waals surface area contributed by atoms with E-state index in [1.165, 1.54) is 23.9 Å². The van der Waals surface area contributed by atoms with Crippen LogP contribution in [0.25, 0.3) is 11.1 Å². The lowest BCUT2D eigenvalue weighted by atomic mass is 10.0. The minimum atomic E-state index is -4.47. The van der Waals surface area contributed by atoms with E-state index in [9.17, 15) is 22.8 Å². The first kappa shape index (κ1) is 21.6. The quantitative estimate of drug-likeness (QED) is 0.617. The predicted molar refractivity (Wildman–Crippen MR) is 111 cm³/mol. The van der Waals surface area contributed by atoms with Crippen LogP contribution in [0.4, 0.5) is 24.7 Å². The number of aromatic nitrogens is 2. The molecule has 10 heteroatoms. The number of carbonyl (C=O) groups is 2. The van der Waals surface area contributed by atoms with Crippen LogP contribution in [0.5, 0.6) is 0 Å². The minimum Gasteiger partial charge on any atom is -0.378 e. The van der Waals surface area contributed by atoms with Gasteiger partial charge in [0.15, 0.2) is 0 Å². The summed E-state index contributed by atoms with van der Waals surface area (Å²) >= 11 is 0. The van der Waals surface area contributed by atoms with Crippen LogP contribution in [-0.4, -0.2) is 28.7 Å². The first-order valence-electron chi connectivity index (χ1n) is 9.71. The van der Waals surface area contributed by atoms with Gasteiger partial charge in [-0.25, -0.2) is 4.68 Å². The predicted octanol–water partition coefficient (Wildman–Crippen LogP) is 4.24. The van der Waals surface area contributed by atoms with Crippen LogP contribution in [0.2, 0.25) is 0 Å². The Morgan fingerprint density at radius 3 is 2.50 bits per heavy atom. The summed E-state index contributed by atoms with van der Waals surface area (Å²) in [6, 6.07) is 12.4. The van der Waals surface area contributed by atoms with Crippen LogP contribution in [0.3, 0.4) is 0 Å². The van der Waals surface area contributed by atoms with Crippen molar-refractivity contribution in [2.45, 2.75) is 25.2 Å². The number of alkyl halides is 3. The molecule has 0 saturated carbocycles. The third-order valence-electron chi connectivity index (χ3n) is 5.04. The maximum absolute atomic E-state index is 13.0. The fourth-order valence-electron chi connectivity index (χ4n) is 3.59. The van der Waals surface area contributed by atoms with Crippen molar-refractivity contribution in [1.82, 2.24) is 9.78 Å². The van der Waals surface area contributed by atoms with Gasteiger partial charge in [-0.05, 0) is 29.8 Å². The van der Waals surface area contributed by atoms with Gasteiger partial charge in [-0.1, -0.05) is 30.3 Å². The van der Waals surface area contributed by atoms with Crippen molar-refractivity contribution in [2.24, 2.45) is 0 Å². The number of halogens is 3. The Morgan fingerprint density at radius 2 is 1.88 bits per heavy atom. The lowest BCUT2D eigenvalue weighted by molar-refractivity contribution is -0.137. The van der Waals surface area contributed by atoms with E-state index in [1.807, 2.05) is 30.3 Å². The van der Waals surface area contributed by atoms with E-state index in [0.29, 0.717) is 17.1 Å². The molecule has 1 aliphatic heterocycles. The first-order valence-corrected chi connectivity index (χ1v) is 9.71. The van der Waals surface area contributed by atoms with Gasteiger partial charge in [-0.3, -0.25) is 9.59 Å². The topological polar surface area (TPSA) is 85.2 Å². The number of fused-ring (bicyclic) bond motifs is 1. The molecule has 1 aromatic heterocycles. The van der Waals surface area contributed by atoms with E-state index < -0.39 is 23.7 Å². The molecule has 1 unspecified atom stereocenters. The molecule has 0 spiro atoms. The number of rotatable bonds is 5. The van der Waals surface area contributed by atoms with Crippen LogP contribution >= 0.6 is 0 Å². The minimum absolute atomic E-state index is 0.160. The summed E-state index contributed by atoms with van der Waals surface area (Å²) in [7, 11) is 1.51. The Balaban J connectivity index is 1.67. The molecule has 2 aromatic carbocycles. The van der Waals surface area contributed by atoms with Crippen molar-refractivity contribution < 1.29 is 27.5 Å². The summed E-state index contributed by atoms with van der Waals surface area (Å²) in [5, 5.41) is 9.86. The second-order valence-corrected chi connectivity index (χ2v) is 7.25. The summed E-state index contributed by atoms with van der Waals surface area (Å²) in [6.45, 7) is 0.160. The summed E-state index contributed by atoms with van der Waals surface area (Å²) in [5.41, 5.74) is 1.35. The van der Waals surface area contributed by atoms with Crippen molar-refractivity contribution in [2.75, 3.05) is 17.7 Å². The number of hydrogen-bond donors (Lipinski definition) is 2. The molecule has 3 aromatic rings. The van der Waals surface area contributed by atoms with E-state index >= 15 is 0 Å². The van der Waals surface area contributed by atoms with Crippen molar-refractivity contribution in [3.05, 3.63) is 65.9 Å². The first-order chi connectivity index (χ1) is 15.3. The Morgan fingerprint density at radius 1 is 1.19 bits per heavy atom. The molecule has 32 heavy (non-hydrogen) atoms. The van der Waals surface area contributed by atoms with Gasteiger partial charge in [0.1, 0.15) is 11.9 Å². The van der Waals surface area contributed by atoms with Crippen molar-refractivity contribution >= 4 is 23.3 Å². The molecule has 2 N–H and O–H groups in total. The number of amides is 2. The number of methoxy groups -OCH3 is 1. The number of nitrogens with zero attached hydrogens (tertiary/aromatic N) is 2. The van der Waals surface area contributed by atoms with Gasteiger partial charge in [0, 0.05) is 18.4 Å². The zero-order valence-corrected chi connectivity index (χ0v) is 16.9. The summed E-state index contributed by atoms with van der Waals surface area (Å²) in [4.78, 5) is 25.4. The van der Waals surface area contributed by atoms with E-state index in [1.54, 1.807) is 0 Å². The maximum atomic E-state index is 13.0. The lowest BCUT2D eigenvalue weighted by Gasteiger charge is -2.24. The lowest BCUT2D eigenvalue weighted by Crippen LogP contribution is -2.35. The average molecular weight is 444 g/mol. The number of hydrogen-bond acceptors (Lipinski definition) is 4. The second kappa shape index (κ2) is 8.46. The standard InChI is InChI=1S/C22H19F3N4O3/c1-32-12-16-19(13-5-3-2-4-6-13)20-27-18(30)11-17(29(20)28-16)21(31)26-15-9-7-14(8-10-15)22(23,24)25/h2-10,17H,11-12H2,1H3,(H,26,31)(H,27,30). The van der Waals surface area contributed by atoms with Crippen LogP contribution in [0, 0.1) is 0 Å². The molecule has 1 aliphatic rings. The van der Waals surface area contributed by atoms with Crippen LogP contribution in [-0.2, 0) is 27.1 Å². The number of benzene rings is 2. The molecular formula is C22H19F3N4O3. The largest absolute Gasteiger partial charge is 0.416 e. The van der Waals surface area contributed by atoms with E-state index in [-0.39, 0.29) is 24.6 Å². The van der Waals surface area contributed by atoms with E-state index in [0.717, 1.165) is 17.7 Å². The third-order valence-corrected chi connectivity index (χ3v) is 5.04. The fraction of sp³-hybridized carbons (Fsp3) is 0.227. The fourth-order valence-corrected chi connectivity index (χ4v) is 3.59. The zero-order chi connectivity index (χ0) is 22.9. The number of anilines is 2. The van der Waals surface area contributed by atoms with Gasteiger partial charge >= 0.3 is 6.18 Å². The molecular weight excluding hydrogens is 425 g/mol. The molecule has 0 radical (unpaired) electrons. The molecule has 0 bridgehead atoms. The van der Waals surface area contributed by atoms with E-state index in [2.05, 4.69) is 15.7 Å². The van der Waals surface area contributed by atoms with Crippen molar-refractivity contribution in [1.29, 1.82) is 0 Å². The van der Waals surface area contributed by atoms with Crippen LogP contribution in [0.15, 0.2) is 54.6 Å². The number of ether oxygens (including phenoxy) is 1. The van der Waals surface area contributed by atoms with Gasteiger partial charge in [0.2, 0.25) is 11.8 Å². The van der Waals surface area contributed by atoms with Crippen molar-refractivity contribution in [3.63, 3.8) is 0 Å². The second-order valence-electron chi connectivity index (χ2n) is 7.25. The Bertz CT molecular complexity index is 1140. The molecule has 7 nitrogen and oxygen atoms in total. The summed E-state index contributed by atoms with van der Waals surface area (Å²) < 4.78 is 45.0. The summed E-state index contributed by atoms with van der Waals surface area (Å²) in [5.74, 6) is -0.565. The molecule has 0 aliphatic carbocycles. The molecule has 4 rings (SSSR count). The van der Waals surface area contributed by atoms with E-state index in [4.69, 9.17) is 4.74 Å². The molecule has 166 valence electrons. The monoisotopic (exact) mass is 444 g/mol. The third kappa shape index (κ3) is 4.22. The number of nitrogens with one attached hydrogen (secondary N) is 2. The molecule has 1 atom stereocenters. The molecule has 2 heterocycles. The smallest absolute Gasteiger partial charge is 0.378 e. The molecule has 2 amide bonds. The highest BCUT2D eigenvalue weighted by molar-refractivity contribution is 6.03.